The molecule has 0 spiro atoms. The third kappa shape index (κ3) is 5.26. The average molecular weight is 335 g/mol. The number of sulfonamides is 1. The van der Waals surface area contributed by atoms with Crippen LogP contribution in [0.25, 0.3) is 0 Å². The molecule has 0 aliphatic rings. The molecule has 0 fully saturated rings. The summed E-state index contributed by atoms with van der Waals surface area (Å²) in [5.74, 6) is 0. The number of pyridine rings is 1. The lowest BCUT2D eigenvalue weighted by Crippen LogP contribution is -2.27. The molecule has 5 nitrogen and oxygen atoms in total. The minimum Gasteiger partial charge on any atom is -0.380 e. The maximum Gasteiger partial charge on any atom is 0.242 e. The molecule has 0 aliphatic heterocycles. The minimum atomic E-state index is -3.52. The van der Waals surface area contributed by atoms with E-state index >= 15 is 0 Å². The first-order valence-corrected chi connectivity index (χ1v) is 7.63. The Morgan fingerprint density at radius 3 is 2.89 bits per heavy atom. The van der Waals surface area contributed by atoms with E-state index in [1.54, 1.807) is 6.08 Å². The second-order valence-electron chi connectivity index (χ2n) is 3.43. The van der Waals surface area contributed by atoms with Crippen molar-refractivity contribution in [1.29, 1.82) is 0 Å². The molecule has 0 radical (unpaired) electrons. The van der Waals surface area contributed by atoms with Crippen LogP contribution in [0.4, 0.5) is 0 Å². The number of nitrogens with zero attached hydrogens (tertiary/aromatic N) is 1. The Kier molecular flexibility index (Phi) is 6.48. The average Bonchev–Trinajstić information content (AvgIpc) is 2.33. The van der Waals surface area contributed by atoms with E-state index in [1.807, 2.05) is 0 Å². The van der Waals surface area contributed by atoms with Crippen molar-refractivity contribution in [2.75, 3.05) is 19.8 Å². The van der Waals surface area contributed by atoms with Gasteiger partial charge in [-0.2, -0.15) is 0 Å². The molecule has 18 heavy (non-hydrogen) atoms. The Hall–Kier alpha value is -0.760. The summed E-state index contributed by atoms with van der Waals surface area (Å²) in [6.07, 6.45) is 5.32. The largest absolute Gasteiger partial charge is 0.380 e. The van der Waals surface area contributed by atoms with Crippen molar-refractivity contribution in [2.45, 2.75) is 11.3 Å². The highest BCUT2D eigenvalue weighted by Crippen LogP contribution is 2.13. The summed E-state index contributed by atoms with van der Waals surface area (Å²) in [7, 11) is -3.52. The van der Waals surface area contributed by atoms with Gasteiger partial charge in [-0.15, -0.1) is 6.58 Å². The Bertz CT molecular complexity index is 491. The van der Waals surface area contributed by atoms with Gasteiger partial charge >= 0.3 is 0 Å². The Labute approximate surface area is 115 Å². The fraction of sp³-hybridized carbons (Fsp3) is 0.364. The molecular weight excluding hydrogens is 320 g/mol. The van der Waals surface area contributed by atoms with E-state index in [4.69, 9.17) is 4.74 Å². The van der Waals surface area contributed by atoms with Crippen molar-refractivity contribution < 1.29 is 13.2 Å². The van der Waals surface area contributed by atoms with Crippen molar-refractivity contribution in [3.05, 3.63) is 35.6 Å². The predicted octanol–water partition coefficient (Wildman–Crippen LogP) is 1.72. The molecule has 100 valence electrons. The zero-order valence-electron chi connectivity index (χ0n) is 9.80. The van der Waals surface area contributed by atoms with Gasteiger partial charge in [0, 0.05) is 23.4 Å². The van der Waals surface area contributed by atoms with Crippen molar-refractivity contribution in [3.63, 3.8) is 0 Å². The van der Waals surface area contributed by atoms with Crippen LogP contribution in [-0.2, 0) is 14.8 Å². The van der Waals surface area contributed by atoms with E-state index in [2.05, 4.69) is 32.2 Å². The second-order valence-corrected chi connectivity index (χ2v) is 6.11. The standard InChI is InChI=1S/C11H15BrN2O3S/c1-2-3-5-17-6-4-14-18(15,16)11-7-10(12)8-13-9-11/h2,7-9,14H,1,3-6H2. The molecular formula is C11H15BrN2O3S. The van der Waals surface area contributed by atoms with Gasteiger partial charge in [0.05, 0.1) is 13.2 Å². The molecule has 0 amide bonds. The number of hydrogen-bond donors (Lipinski definition) is 1. The molecule has 0 atom stereocenters. The summed E-state index contributed by atoms with van der Waals surface area (Å²) < 4.78 is 31.9. The van der Waals surface area contributed by atoms with Gasteiger partial charge in [0.2, 0.25) is 10.0 Å². The lowest BCUT2D eigenvalue weighted by atomic mass is 10.5. The summed E-state index contributed by atoms with van der Waals surface area (Å²) in [5.41, 5.74) is 0. The molecule has 0 unspecified atom stereocenters. The van der Waals surface area contributed by atoms with Crippen LogP contribution < -0.4 is 4.72 Å². The van der Waals surface area contributed by atoms with Gasteiger partial charge in [0.1, 0.15) is 4.90 Å². The number of hydrogen-bond acceptors (Lipinski definition) is 4. The highest BCUT2D eigenvalue weighted by molar-refractivity contribution is 9.10. The van der Waals surface area contributed by atoms with Crippen LogP contribution in [-0.4, -0.2) is 33.2 Å². The van der Waals surface area contributed by atoms with Gasteiger partial charge in [0.25, 0.3) is 0 Å². The highest BCUT2D eigenvalue weighted by Gasteiger charge is 2.13. The first kappa shape index (κ1) is 15.3. The van der Waals surface area contributed by atoms with E-state index in [-0.39, 0.29) is 11.4 Å². The van der Waals surface area contributed by atoms with E-state index in [9.17, 15) is 8.42 Å². The van der Waals surface area contributed by atoms with Crippen molar-refractivity contribution >= 4 is 26.0 Å². The molecule has 0 saturated carbocycles. The monoisotopic (exact) mass is 334 g/mol. The number of ether oxygens (including phenoxy) is 1. The van der Waals surface area contributed by atoms with Crippen molar-refractivity contribution in [1.82, 2.24) is 9.71 Å². The van der Waals surface area contributed by atoms with Crippen LogP contribution in [0.2, 0.25) is 0 Å². The fourth-order valence-corrected chi connectivity index (χ4v) is 2.66. The van der Waals surface area contributed by atoms with Crippen LogP contribution >= 0.6 is 15.9 Å². The fourth-order valence-electron chi connectivity index (χ4n) is 1.14. The van der Waals surface area contributed by atoms with Crippen LogP contribution in [0.15, 0.2) is 40.5 Å². The normalized spacial score (nSPS) is 11.4. The molecule has 1 aromatic rings. The summed E-state index contributed by atoms with van der Waals surface area (Å²) in [6, 6.07) is 1.49. The number of halogens is 1. The predicted molar refractivity (Wildman–Crippen MR) is 72.8 cm³/mol. The molecule has 1 aromatic heterocycles. The smallest absolute Gasteiger partial charge is 0.242 e. The molecule has 0 saturated heterocycles. The summed E-state index contributed by atoms with van der Waals surface area (Å²) in [4.78, 5) is 3.94. The van der Waals surface area contributed by atoms with E-state index in [1.165, 1.54) is 18.5 Å². The molecule has 0 bridgehead atoms. The maximum atomic E-state index is 11.8. The minimum absolute atomic E-state index is 0.128. The van der Waals surface area contributed by atoms with Gasteiger partial charge in [-0.25, -0.2) is 13.1 Å². The molecule has 1 N–H and O–H groups in total. The molecule has 0 aromatic carbocycles. The molecule has 1 heterocycles. The topological polar surface area (TPSA) is 68.3 Å². The lowest BCUT2D eigenvalue weighted by molar-refractivity contribution is 0.144. The van der Waals surface area contributed by atoms with Crippen LogP contribution in [0.1, 0.15) is 6.42 Å². The van der Waals surface area contributed by atoms with E-state index < -0.39 is 10.0 Å². The van der Waals surface area contributed by atoms with Crippen molar-refractivity contribution in [3.8, 4) is 0 Å². The van der Waals surface area contributed by atoms with Crippen LogP contribution in [0, 0.1) is 0 Å². The zero-order chi connectivity index (χ0) is 13.4. The summed E-state index contributed by atoms with van der Waals surface area (Å²) >= 11 is 3.18. The second kappa shape index (κ2) is 7.63. The molecule has 1 rings (SSSR count). The molecule has 7 heteroatoms. The van der Waals surface area contributed by atoms with E-state index in [0.29, 0.717) is 17.7 Å². The maximum absolute atomic E-state index is 11.8. The van der Waals surface area contributed by atoms with Gasteiger partial charge in [-0.05, 0) is 28.4 Å². The van der Waals surface area contributed by atoms with E-state index in [0.717, 1.165) is 6.42 Å². The van der Waals surface area contributed by atoms with Crippen LogP contribution in [0.3, 0.4) is 0 Å². The van der Waals surface area contributed by atoms with Gasteiger partial charge in [0.15, 0.2) is 0 Å². The highest BCUT2D eigenvalue weighted by atomic mass is 79.9. The first-order valence-electron chi connectivity index (χ1n) is 5.35. The van der Waals surface area contributed by atoms with Gasteiger partial charge in [-0.3, -0.25) is 4.98 Å². The third-order valence-corrected chi connectivity index (χ3v) is 3.86. The summed E-state index contributed by atoms with van der Waals surface area (Å²) in [5, 5.41) is 0. The Morgan fingerprint density at radius 1 is 1.44 bits per heavy atom. The quantitative estimate of drug-likeness (QED) is 0.580. The third-order valence-electron chi connectivity index (χ3n) is 1.99. The lowest BCUT2D eigenvalue weighted by Gasteiger charge is -2.07. The van der Waals surface area contributed by atoms with Crippen molar-refractivity contribution in [2.24, 2.45) is 0 Å². The number of rotatable bonds is 8. The number of nitrogens with one attached hydrogen (secondary N) is 1. The molecule has 0 aliphatic carbocycles. The first-order chi connectivity index (χ1) is 8.56. The summed E-state index contributed by atoms with van der Waals surface area (Å²) in [6.45, 7) is 4.66. The zero-order valence-corrected chi connectivity index (χ0v) is 12.2. The van der Waals surface area contributed by atoms with Gasteiger partial charge in [-0.1, -0.05) is 6.08 Å². The van der Waals surface area contributed by atoms with Crippen LogP contribution in [0.5, 0.6) is 0 Å². The number of aromatic nitrogens is 1. The Balaban J connectivity index is 2.43. The Morgan fingerprint density at radius 2 is 2.22 bits per heavy atom. The van der Waals surface area contributed by atoms with Gasteiger partial charge < -0.3 is 4.74 Å². The SMILES string of the molecule is C=CCCOCCNS(=O)(=O)c1cncc(Br)c1.